The first kappa shape index (κ1) is 23.9. The second kappa shape index (κ2) is 9.57. The van der Waals surface area contributed by atoms with Crippen LogP contribution >= 0.6 is 0 Å². The smallest absolute Gasteiger partial charge is 0.352 e. The molecule has 10 nitrogen and oxygen atoms in total. The molecule has 2 aromatic heterocycles. The van der Waals surface area contributed by atoms with Gasteiger partial charge in [0.05, 0.1) is 10.9 Å². The molecule has 0 aliphatic heterocycles. The number of nitrogens with zero attached hydrogens (tertiary/aromatic N) is 4. The quantitative estimate of drug-likeness (QED) is 0.423. The Bertz CT molecular complexity index is 1560. The predicted molar refractivity (Wildman–Crippen MR) is 134 cm³/mol. The lowest BCUT2D eigenvalue weighted by atomic mass is 10.1. The third-order valence-electron chi connectivity index (χ3n) is 5.66. The van der Waals surface area contributed by atoms with Crippen LogP contribution in [0.2, 0.25) is 0 Å². The molecule has 0 unspecified atom stereocenters. The molecule has 2 amide bonds. The lowest BCUT2D eigenvalue weighted by Crippen LogP contribution is -2.33. The molecule has 0 spiro atoms. The van der Waals surface area contributed by atoms with E-state index in [1.165, 1.54) is 8.97 Å². The molecular weight excluding hydrogens is 448 g/mol. The summed E-state index contributed by atoms with van der Waals surface area (Å²) in [6.07, 6.45) is 0.0419. The number of aromatic nitrogens is 4. The van der Waals surface area contributed by atoms with Crippen molar-refractivity contribution in [2.75, 3.05) is 5.32 Å². The topological polar surface area (TPSA) is 120 Å². The van der Waals surface area contributed by atoms with Crippen LogP contribution < -0.4 is 21.9 Å². The van der Waals surface area contributed by atoms with Crippen molar-refractivity contribution >= 4 is 34.2 Å². The maximum absolute atomic E-state index is 13.3. The fraction of sp³-hybridized carbons (Fsp3) is 0.320. The van der Waals surface area contributed by atoms with Crippen molar-refractivity contribution in [1.29, 1.82) is 0 Å². The van der Waals surface area contributed by atoms with Crippen LogP contribution in [0.25, 0.3) is 16.7 Å². The van der Waals surface area contributed by atoms with Gasteiger partial charge >= 0.3 is 5.69 Å². The lowest BCUT2D eigenvalue weighted by Gasteiger charge is -2.11. The van der Waals surface area contributed by atoms with Crippen molar-refractivity contribution < 1.29 is 9.59 Å². The second-order valence-electron chi connectivity index (χ2n) is 8.89. The van der Waals surface area contributed by atoms with Crippen molar-refractivity contribution in [2.45, 2.75) is 53.2 Å². The number of amides is 2. The van der Waals surface area contributed by atoms with Gasteiger partial charge in [-0.15, -0.1) is 5.10 Å². The zero-order valence-corrected chi connectivity index (χ0v) is 20.2. The number of rotatable bonds is 7. The maximum atomic E-state index is 13.3. The average molecular weight is 477 g/mol. The molecular formula is C25H28N6O4. The van der Waals surface area contributed by atoms with E-state index >= 15 is 0 Å². The summed E-state index contributed by atoms with van der Waals surface area (Å²) < 4.78 is 3.65. The van der Waals surface area contributed by atoms with Gasteiger partial charge in [0.1, 0.15) is 6.54 Å². The summed E-state index contributed by atoms with van der Waals surface area (Å²) >= 11 is 0. The molecule has 182 valence electrons. The highest BCUT2D eigenvalue weighted by Gasteiger charge is 2.19. The van der Waals surface area contributed by atoms with Crippen LogP contribution in [0.1, 0.15) is 31.4 Å². The van der Waals surface area contributed by atoms with E-state index in [9.17, 15) is 19.2 Å². The number of fused-ring (bicyclic) bond motifs is 3. The van der Waals surface area contributed by atoms with Crippen LogP contribution in [0, 0.1) is 13.8 Å². The maximum Gasteiger partial charge on any atom is 0.352 e. The number of para-hydroxylation sites is 1. The SMILES string of the molecule is Cc1ccc(C)c(NC(=O)Cn2nc3n(CCC(=O)NC(C)C)c(=O)c4ccccc4n3c2=O)c1. The first-order chi connectivity index (χ1) is 16.7. The Balaban J connectivity index is 1.74. The van der Waals surface area contributed by atoms with E-state index in [1.54, 1.807) is 24.3 Å². The molecule has 0 fully saturated rings. The van der Waals surface area contributed by atoms with Gasteiger partial charge in [0, 0.05) is 24.7 Å². The molecule has 2 N–H and O–H groups in total. The summed E-state index contributed by atoms with van der Waals surface area (Å²) in [6.45, 7) is 7.21. The summed E-state index contributed by atoms with van der Waals surface area (Å²) in [6, 6.07) is 12.4. The number of nitrogens with one attached hydrogen (secondary N) is 2. The molecule has 35 heavy (non-hydrogen) atoms. The number of aryl methyl sites for hydroxylation is 3. The Morgan fingerprint density at radius 2 is 1.77 bits per heavy atom. The highest BCUT2D eigenvalue weighted by Crippen LogP contribution is 2.16. The van der Waals surface area contributed by atoms with E-state index in [-0.39, 0.29) is 42.8 Å². The summed E-state index contributed by atoms with van der Waals surface area (Å²) in [4.78, 5) is 51.5. The number of carbonyl (C=O) groups is 2. The highest BCUT2D eigenvalue weighted by molar-refractivity contribution is 5.91. The van der Waals surface area contributed by atoms with Gasteiger partial charge in [0.2, 0.25) is 17.6 Å². The van der Waals surface area contributed by atoms with E-state index in [0.717, 1.165) is 15.8 Å². The van der Waals surface area contributed by atoms with Crippen LogP contribution in [0.15, 0.2) is 52.1 Å². The van der Waals surface area contributed by atoms with Crippen molar-refractivity contribution in [2.24, 2.45) is 0 Å². The number of carbonyl (C=O) groups excluding carboxylic acids is 2. The van der Waals surface area contributed by atoms with Crippen LogP contribution in [-0.2, 0) is 22.7 Å². The van der Waals surface area contributed by atoms with Gasteiger partial charge in [-0.25, -0.2) is 13.9 Å². The highest BCUT2D eigenvalue weighted by atomic mass is 16.2. The molecule has 10 heteroatoms. The van der Waals surface area contributed by atoms with E-state index in [0.29, 0.717) is 16.6 Å². The third-order valence-corrected chi connectivity index (χ3v) is 5.66. The van der Waals surface area contributed by atoms with Crippen LogP contribution in [0.5, 0.6) is 0 Å². The summed E-state index contributed by atoms with van der Waals surface area (Å²) in [5, 5.41) is 10.3. The van der Waals surface area contributed by atoms with Gasteiger partial charge in [-0.3, -0.25) is 19.0 Å². The molecule has 0 atom stereocenters. The monoisotopic (exact) mass is 476 g/mol. The largest absolute Gasteiger partial charge is 0.354 e. The zero-order chi connectivity index (χ0) is 25.3. The van der Waals surface area contributed by atoms with Crippen molar-refractivity contribution in [3.63, 3.8) is 0 Å². The lowest BCUT2D eigenvalue weighted by molar-refractivity contribution is -0.121. The van der Waals surface area contributed by atoms with Crippen LogP contribution in [0.3, 0.4) is 0 Å². The van der Waals surface area contributed by atoms with Gasteiger partial charge in [-0.05, 0) is 57.0 Å². The third kappa shape index (κ3) is 4.86. The molecule has 0 aliphatic rings. The minimum atomic E-state index is -0.548. The molecule has 0 radical (unpaired) electrons. The summed E-state index contributed by atoms with van der Waals surface area (Å²) in [7, 11) is 0. The van der Waals surface area contributed by atoms with E-state index in [4.69, 9.17) is 0 Å². The first-order valence-electron chi connectivity index (χ1n) is 11.4. The van der Waals surface area contributed by atoms with Gasteiger partial charge < -0.3 is 10.6 Å². The minimum Gasteiger partial charge on any atom is -0.354 e. The van der Waals surface area contributed by atoms with Crippen molar-refractivity contribution in [3.05, 3.63) is 74.4 Å². The minimum absolute atomic E-state index is 0.0341. The first-order valence-corrected chi connectivity index (χ1v) is 11.4. The predicted octanol–water partition coefficient (Wildman–Crippen LogP) is 1.98. The zero-order valence-electron chi connectivity index (χ0n) is 20.2. The molecule has 2 heterocycles. The number of anilines is 1. The molecule has 0 saturated carbocycles. The number of hydrogen-bond acceptors (Lipinski definition) is 5. The van der Waals surface area contributed by atoms with Crippen LogP contribution in [0.4, 0.5) is 5.69 Å². The Hall–Kier alpha value is -4.21. The molecule has 4 aromatic rings. The molecule has 2 aromatic carbocycles. The van der Waals surface area contributed by atoms with Gasteiger partial charge in [0.15, 0.2) is 0 Å². The number of benzene rings is 2. The fourth-order valence-corrected chi connectivity index (χ4v) is 3.98. The normalized spacial score (nSPS) is 11.3. The van der Waals surface area contributed by atoms with Gasteiger partial charge in [-0.2, -0.15) is 0 Å². The second-order valence-corrected chi connectivity index (χ2v) is 8.89. The average Bonchev–Trinajstić information content (AvgIpc) is 3.11. The van der Waals surface area contributed by atoms with Crippen LogP contribution in [-0.4, -0.2) is 36.6 Å². The van der Waals surface area contributed by atoms with Crippen molar-refractivity contribution in [1.82, 2.24) is 24.1 Å². The molecule has 0 saturated heterocycles. The Morgan fingerprint density at radius 1 is 1.03 bits per heavy atom. The summed E-state index contributed by atoms with van der Waals surface area (Å²) in [5.74, 6) is -0.554. The van der Waals surface area contributed by atoms with E-state index in [1.807, 2.05) is 45.9 Å². The van der Waals surface area contributed by atoms with Gasteiger partial charge in [-0.1, -0.05) is 24.3 Å². The fourth-order valence-electron chi connectivity index (χ4n) is 3.98. The standard InChI is InChI=1S/C25H28N6O4/c1-15(2)26-21(32)11-12-29-23(34)18-7-5-6-8-20(18)31-24(29)28-30(25(31)35)14-22(33)27-19-13-16(3)9-10-17(19)4/h5-10,13,15H,11-12,14H2,1-4H3,(H,26,32)(H,27,33). The Labute approximate surface area is 201 Å². The van der Waals surface area contributed by atoms with E-state index in [2.05, 4.69) is 15.7 Å². The molecule has 0 bridgehead atoms. The Morgan fingerprint density at radius 3 is 2.51 bits per heavy atom. The summed E-state index contributed by atoms with van der Waals surface area (Å²) in [5.41, 5.74) is 2.03. The molecule has 0 aliphatic carbocycles. The van der Waals surface area contributed by atoms with Crippen molar-refractivity contribution in [3.8, 4) is 0 Å². The van der Waals surface area contributed by atoms with Gasteiger partial charge in [0.25, 0.3) is 5.56 Å². The molecule has 4 rings (SSSR count). The number of hydrogen-bond donors (Lipinski definition) is 2. The Kier molecular flexibility index (Phi) is 6.54. The van der Waals surface area contributed by atoms with E-state index < -0.39 is 11.6 Å².